The van der Waals surface area contributed by atoms with Gasteiger partial charge in [0.15, 0.2) is 5.69 Å². The van der Waals surface area contributed by atoms with Gasteiger partial charge in [0.05, 0.1) is 6.54 Å². The molecule has 0 amide bonds. The van der Waals surface area contributed by atoms with Crippen molar-refractivity contribution >= 4 is 5.97 Å². The Labute approximate surface area is 93.1 Å². The second-order valence-electron chi connectivity index (χ2n) is 3.62. The minimum atomic E-state index is -0.991. The Morgan fingerprint density at radius 2 is 2.06 bits per heavy atom. The highest BCUT2D eigenvalue weighted by Crippen LogP contribution is 2.07. The molecule has 1 aromatic carbocycles. The fourth-order valence-corrected chi connectivity index (χ4v) is 1.53. The second kappa shape index (κ2) is 4.18. The smallest absolute Gasteiger partial charge is 0.356 e. The van der Waals surface area contributed by atoms with E-state index in [1.54, 1.807) is 10.7 Å². The molecule has 0 aliphatic heterocycles. The number of aromatic nitrogens is 2. The van der Waals surface area contributed by atoms with Crippen LogP contribution in [0.25, 0.3) is 0 Å². The van der Waals surface area contributed by atoms with Crippen LogP contribution in [0.5, 0.6) is 0 Å². The number of aryl methyl sites for hydroxylation is 1. The molecule has 4 heteroatoms. The van der Waals surface area contributed by atoms with E-state index in [9.17, 15) is 4.79 Å². The highest BCUT2D eigenvalue weighted by molar-refractivity contribution is 5.85. The standard InChI is InChI=1S/C12H12N2O2/c1-9-7-11(12(15)16)13-14(9)8-10-5-3-2-4-6-10/h2-7H,8H2,1H3,(H,15,16). The lowest BCUT2D eigenvalue weighted by Crippen LogP contribution is -2.05. The molecule has 16 heavy (non-hydrogen) atoms. The number of benzene rings is 1. The number of carboxylic acid groups (broad SMARTS) is 1. The summed E-state index contributed by atoms with van der Waals surface area (Å²) < 4.78 is 1.69. The van der Waals surface area contributed by atoms with Gasteiger partial charge < -0.3 is 5.11 Å². The molecule has 0 saturated carbocycles. The van der Waals surface area contributed by atoms with Crippen LogP contribution in [-0.4, -0.2) is 20.9 Å². The molecule has 0 unspecified atom stereocenters. The zero-order valence-corrected chi connectivity index (χ0v) is 8.92. The van der Waals surface area contributed by atoms with Crippen LogP contribution in [0.15, 0.2) is 36.4 Å². The van der Waals surface area contributed by atoms with Crippen molar-refractivity contribution in [2.24, 2.45) is 0 Å². The van der Waals surface area contributed by atoms with Gasteiger partial charge in [-0.05, 0) is 18.6 Å². The number of hydrogen-bond donors (Lipinski definition) is 1. The van der Waals surface area contributed by atoms with Crippen molar-refractivity contribution in [3.05, 3.63) is 53.3 Å². The molecule has 0 bridgehead atoms. The van der Waals surface area contributed by atoms with Crippen molar-refractivity contribution in [2.75, 3.05) is 0 Å². The van der Waals surface area contributed by atoms with E-state index < -0.39 is 5.97 Å². The minimum Gasteiger partial charge on any atom is -0.476 e. The summed E-state index contributed by atoms with van der Waals surface area (Å²) in [5, 5.41) is 12.8. The van der Waals surface area contributed by atoms with E-state index in [1.165, 1.54) is 0 Å². The number of rotatable bonds is 3. The lowest BCUT2D eigenvalue weighted by Gasteiger charge is -2.03. The van der Waals surface area contributed by atoms with Crippen molar-refractivity contribution in [2.45, 2.75) is 13.5 Å². The maximum Gasteiger partial charge on any atom is 0.356 e. The first-order valence-corrected chi connectivity index (χ1v) is 4.98. The first-order chi connectivity index (χ1) is 7.66. The third-order valence-electron chi connectivity index (χ3n) is 2.38. The van der Waals surface area contributed by atoms with E-state index in [1.807, 2.05) is 37.3 Å². The van der Waals surface area contributed by atoms with E-state index in [2.05, 4.69) is 5.10 Å². The van der Waals surface area contributed by atoms with E-state index in [4.69, 9.17) is 5.11 Å². The van der Waals surface area contributed by atoms with E-state index >= 15 is 0 Å². The van der Waals surface area contributed by atoms with Crippen LogP contribution in [0.2, 0.25) is 0 Å². The van der Waals surface area contributed by atoms with Gasteiger partial charge in [0.2, 0.25) is 0 Å². The molecule has 0 aliphatic carbocycles. The Morgan fingerprint density at radius 1 is 1.38 bits per heavy atom. The highest BCUT2D eigenvalue weighted by Gasteiger charge is 2.10. The maximum absolute atomic E-state index is 10.7. The first-order valence-electron chi connectivity index (χ1n) is 4.98. The van der Waals surface area contributed by atoms with Crippen molar-refractivity contribution in [3.8, 4) is 0 Å². The highest BCUT2D eigenvalue weighted by atomic mass is 16.4. The summed E-state index contributed by atoms with van der Waals surface area (Å²) in [7, 11) is 0. The summed E-state index contributed by atoms with van der Waals surface area (Å²) >= 11 is 0. The summed E-state index contributed by atoms with van der Waals surface area (Å²) in [5.41, 5.74) is 2.04. The van der Waals surface area contributed by atoms with Gasteiger partial charge >= 0.3 is 5.97 Å². The predicted molar refractivity (Wildman–Crippen MR) is 59.5 cm³/mol. The van der Waals surface area contributed by atoms with Crippen LogP contribution in [0.1, 0.15) is 21.7 Å². The van der Waals surface area contributed by atoms with Crippen LogP contribution < -0.4 is 0 Å². The maximum atomic E-state index is 10.7. The van der Waals surface area contributed by atoms with E-state index in [-0.39, 0.29) is 5.69 Å². The molecule has 2 rings (SSSR count). The van der Waals surface area contributed by atoms with Gasteiger partial charge in [-0.1, -0.05) is 30.3 Å². The Morgan fingerprint density at radius 3 is 2.62 bits per heavy atom. The molecule has 0 aliphatic rings. The average Bonchev–Trinajstić information content (AvgIpc) is 2.62. The normalized spacial score (nSPS) is 10.3. The largest absolute Gasteiger partial charge is 0.476 e. The fourth-order valence-electron chi connectivity index (χ4n) is 1.53. The molecule has 4 nitrogen and oxygen atoms in total. The predicted octanol–water partition coefficient (Wildman–Crippen LogP) is 1.94. The summed E-state index contributed by atoms with van der Waals surface area (Å²) in [6, 6.07) is 11.4. The van der Waals surface area contributed by atoms with Crippen LogP contribution >= 0.6 is 0 Å². The van der Waals surface area contributed by atoms with Gasteiger partial charge in [0.25, 0.3) is 0 Å². The molecule has 1 aromatic heterocycles. The monoisotopic (exact) mass is 216 g/mol. The Hall–Kier alpha value is -2.10. The number of carboxylic acids is 1. The van der Waals surface area contributed by atoms with Gasteiger partial charge in [-0.25, -0.2) is 4.79 Å². The Kier molecular flexibility index (Phi) is 2.72. The summed E-state index contributed by atoms with van der Waals surface area (Å²) in [6.07, 6.45) is 0. The third kappa shape index (κ3) is 2.11. The van der Waals surface area contributed by atoms with Gasteiger partial charge in [0, 0.05) is 5.69 Å². The molecular weight excluding hydrogens is 204 g/mol. The summed E-state index contributed by atoms with van der Waals surface area (Å²) in [5.74, 6) is -0.991. The van der Waals surface area contributed by atoms with Crippen LogP contribution in [0.3, 0.4) is 0 Å². The molecule has 82 valence electrons. The van der Waals surface area contributed by atoms with Crippen molar-refractivity contribution in [1.82, 2.24) is 9.78 Å². The molecule has 0 atom stereocenters. The minimum absolute atomic E-state index is 0.0911. The van der Waals surface area contributed by atoms with E-state index in [0.717, 1.165) is 11.3 Å². The third-order valence-corrected chi connectivity index (χ3v) is 2.38. The SMILES string of the molecule is Cc1cc(C(=O)O)nn1Cc1ccccc1. The van der Waals surface area contributed by atoms with Crippen molar-refractivity contribution < 1.29 is 9.90 Å². The molecule has 1 N–H and O–H groups in total. The molecule has 2 aromatic rings. The van der Waals surface area contributed by atoms with Crippen LogP contribution in [0, 0.1) is 6.92 Å². The van der Waals surface area contributed by atoms with Crippen LogP contribution in [-0.2, 0) is 6.54 Å². The Bertz CT molecular complexity index is 503. The lowest BCUT2D eigenvalue weighted by atomic mass is 10.2. The van der Waals surface area contributed by atoms with Crippen molar-refractivity contribution in [1.29, 1.82) is 0 Å². The second-order valence-corrected chi connectivity index (χ2v) is 3.62. The lowest BCUT2D eigenvalue weighted by molar-refractivity contribution is 0.0689. The number of nitrogens with zero attached hydrogens (tertiary/aromatic N) is 2. The molecule has 0 radical (unpaired) electrons. The Balaban J connectivity index is 2.25. The van der Waals surface area contributed by atoms with Crippen molar-refractivity contribution in [3.63, 3.8) is 0 Å². The summed E-state index contributed by atoms with van der Waals surface area (Å²) in [4.78, 5) is 10.7. The average molecular weight is 216 g/mol. The van der Waals surface area contributed by atoms with E-state index in [0.29, 0.717) is 6.54 Å². The van der Waals surface area contributed by atoms with Gasteiger partial charge in [-0.2, -0.15) is 5.10 Å². The molecule has 0 spiro atoms. The zero-order valence-electron chi connectivity index (χ0n) is 8.92. The topological polar surface area (TPSA) is 55.1 Å². The molecule has 0 saturated heterocycles. The number of hydrogen-bond acceptors (Lipinski definition) is 2. The zero-order chi connectivity index (χ0) is 11.5. The molecule has 1 heterocycles. The molecule has 0 fully saturated rings. The van der Waals surface area contributed by atoms with Crippen LogP contribution in [0.4, 0.5) is 0 Å². The number of carbonyl (C=O) groups is 1. The van der Waals surface area contributed by atoms with Gasteiger partial charge in [-0.15, -0.1) is 0 Å². The first kappa shape index (κ1) is 10.4. The quantitative estimate of drug-likeness (QED) is 0.853. The van der Waals surface area contributed by atoms with Gasteiger partial charge in [-0.3, -0.25) is 4.68 Å². The fraction of sp³-hybridized carbons (Fsp3) is 0.167. The molecular formula is C12H12N2O2. The number of aromatic carboxylic acids is 1. The summed E-state index contributed by atoms with van der Waals surface area (Å²) in [6.45, 7) is 2.45. The van der Waals surface area contributed by atoms with Gasteiger partial charge in [0.1, 0.15) is 0 Å².